The molecule has 1 amide bonds. The summed E-state index contributed by atoms with van der Waals surface area (Å²) in [5.41, 5.74) is 5.79. The lowest BCUT2D eigenvalue weighted by atomic mass is 9.69. The zero-order valence-corrected chi connectivity index (χ0v) is 13.2. The molecule has 0 aliphatic heterocycles. The Balaban J connectivity index is 2.55. The third-order valence-electron chi connectivity index (χ3n) is 4.49. The van der Waals surface area contributed by atoms with E-state index in [1.165, 1.54) is 19.3 Å². The number of hydrogen-bond donors (Lipinski definition) is 2. The van der Waals surface area contributed by atoms with E-state index < -0.39 is 0 Å². The van der Waals surface area contributed by atoms with E-state index in [2.05, 4.69) is 26.1 Å². The number of nitrogens with one attached hydrogen (secondary N) is 1. The van der Waals surface area contributed by atoms with Crippen LogP contribution in [0.15, 0.2) is 0 Å². The molecule has 1 aliphatic rings. The quantitative estimate of drug-likeness (QED) is 0.805. The molecule has 3 unspecified atom stereocenters. The summed E-state index contributed by atoms with van der Waals surface area (Å²) < 4.78 is 0. The molecule has 3 heteroatoms. The molecule has 0 aromatic carbocycles. The van der Waals surface area contributed by atoms with E-state index in [4.69, 9.17) is 5.73 Å². The second kappa shape index (κ2) is 7.28. The van der Waals surface area contributed by atoms with Crippen LogP contribution in [0.3, 0.4) is 0 Å². The van der Waals surface area contributed by atoms with Crippen molar-refractivity contribution >= 4 is 5.91 Å². The summed E-state index contributed by atoms with van der Waals surface area (Å²) in [5, 5.41) is 3.30. The van der Waals surface area contributed by atoms with Gasteiger partial charge in [-0.15, -0.1) is 0 Å². The molecule has 3 atom stereocenters. The predicted octanol–water partition coefficient (Wildman–Crippen LogP) is 3.08. The Morgan fingerprint density at radius 1 is 1.32 bits per heavy atom. The first-order chi connectivity index (χ1) is 8.86. The summed E-state index contributed by atoms with van der Waals surface area (Å²) in [6.45, 7) is 9.56. The van der Waals surface area contributed by atoms with Gasteiger partial charge in [0, 0.05) is 12.0 Å². The molecule has 1 fully saturated rings. The van der Waals surface area contributed by atoms with Crippen LogP contribution in [0.2, 0.25) is 0 Å². The fourth-order valence-electron chi connectivity index (χ4n) is 3.22. The number of carbonyl (C=O) groups is 1. The van der Waals surface area contributed by atoms with Gasteiger partial charge < -0.3 is 11.1 Å². The highest BCUT2D eigenvalue weighted by molar-refractivity contribution is 5.78. The van der Waals surface area contributed by atoms with E-state index in [1.807, 2.05) is 6.92 Å². The van der Waals surface area contributed by atoms with E-state index in [9.17, 15) is 4.79 Å². The van der Waals surface area contributed by atoms with E-state index in [0.29, 0.717) is 18.5 Å². The molecule has 1 saturated carbocycles. The molecular weight excluding hydrogens is 236 g/mol. The summed E-state index contributed by atoms with van der Waals surface area (Å²) in [4.78, 5) is 12.2. The first kappa shape index (κ1) is 16.5. The maximum atomic E-state index is 12.2. The Kier molecular flexibility index (Phi) is 6.31. The molecule has 0 aromatic heterocycles. The van der Waals surface area contributed by atoms with Gasteiger partial charge in [0.2, 0.25) is 5.91 Å². The normalized spacial score (nSPS) is 25.9. The van der Waals surface area contributed by atoms with Crippen LogP contribution in [0, 0.1) is 17.3 Å². The maximum absolute atomic E-state index is 12.2. The average molecular weight is 268 g/mol. The number of rotatable bonds is 5. The molecule has 0 heterocycles. The van der Waals surface area contributed by atoms with Crippen molar-refractivity contribution in [1.29, 1.82) is 0 Å². The molecule has 1 aliphatic carbocycles. The second-order valence-electron chi connectivity index (χ2n) is 7.20. The Hall–Kier alpha value is -0.570. The van der Waals surface area contributed by atoms with Gasteiger partial charge in [0.1, 0.15) is 0 Å². The zero-order valence-electron chi connectivity index (χ0n) is 13.2. The average Bonchev–Trinajstić information content (AvgIpc) is 2.35. The van der Waals surface area contributed by atoms with Gasteiger partial charge in [-0.05, 0) is 43.6 Å². The summed E-state index contributed by atoms with van der Waals surface area (Å²) >= 11 is 0. The summed E-state index contributed by atoms with van der Waals surface area (Å²) in [7, 11) is 0. The minimum Gasteiger partial charge on any atom is -0.353 e. The largest absolute Gasteiger partial charge is 0.353 e. The smallest absolute Gasteiger partial charge is 0.223 e. The number of hydrogen-bond acceptors (Lipinski definition) is 2. The topological polar surface area (TPSA) is 55.1 Å². The first-order valence-electron chi connectivity index (χ1n) is 7.86. The Morgan fingerprint density at radius 3 is 2.53 bits per heavy atom. The van der Waals surface area contributed by atoms with Crippen LogP contribution in [0.4, 0.5) is 0 Å². The van der Waals surface area contributed by atoms with Crippen molar-refractivity contribution in [3.63, 3.8) is 0 Å². The van der Waals surface area contributed by atoms with Crippen LogP contribution in [0.25, 0.3) is 0 Å². The van der Waals surface area contributed by atoms with Crippen molar-refractivity contribution < 1.29 is 4.79 Å². The number of carbonyl (C=O) groups excluding carboxylic acids is 1. The molecule has 19 heavy (non-hydrogen) atoms. The number of nitrogens with two attached hydrogens (primary N) is 1. The zero-order chi connectivity index (χ0) is 14.5. The van der Waals surface area contributed by atoms with Crippen molar-refractivity contribution in [3.8, 4) is 0 Å². The van der Waals surface area contributed by atoms with Crippen molar-refractivity contribution in [2.24, 2.45) is 23.0 Å². The van der Waals surface area contributed by atoms with Crippen LogP contribution in [0.5, 0.6) is 0 Å². The van der Waals surface area contributed by atoms with Crippen LogP contribution in [-0.4, -0.2) is 18.5 Å². The SMILES string of the molecule is CC(CCCN)C(=O)NC1CCCCC1C(C)(C)C. The Morgan fingerprint density at radius 2 is 1.95 bits per heavy atom. The molecule has 0 radical (unpaired) electrons. The van der Waals surface area contributed by atoms with E-state index in [-0.39, 0.29) is 17.2 Å². The lowest BCUT2D eigenvalue weighted by molar-refractivity contribution is -0.126. The van der Waals surface area contributed by atoms with Gasteiger partial charge in [-0.1, -0.05) is 40.5 Å². The van der Waals surface area contributed by atoms with Gasteiger partial charge in [0.05, 0.1) is 0 Å². The Labute approximate surface area is 118 Å². The van der Waals surface area contributed by atoms with Gasteiger partial charge in [0.15, 0.2) is 0 Å². The van der Waals surface area contributed by atoms with Crippen LogP contribution >= 0.6 is 0 Å². The van der Waals surface area contributed by atoms with Gasteiger partial charge in [-0.25, -0.2) is 0 Å². The van der Waals surface area contributed by atoms with Crippen LogP contribution < -0.4 is 11.1 Å². The minimum atomic E-state index is 0.0890. The van der Waals surface area contributed by atoms with Crippen molar-refractivity contribution in [2.75, 3.05) is 6.54 Å². The monoisotopic (exact) mass is 268 g/mol. The van der Waals surface area contributed by atoms with Gasteiger partial charge in [0.25, 0.3) is 0 Å². The number of amides is 1. The van der Waals surface area contributed by atoms with Gasteiger partial charge in [-0.3, -0.25) is 4.79 Å². The maximum Gasteiger partial charge on any atom is 0.223 e. The molecule has 112 valence electrons. The third-order valence-corrected chi connectivity index (χ3v) is 4.49. The van der Waals surface area contributed by atoms with Crippen molar-refractivity contribution in [2.45, 2.75) is 72.3 Å². The molecule has 0 aromatic rings. The highest BCUT2D eigenvalue weighted by atomic mass is 16.1. The summed E-state index contributed by atoms with van der Waals surface area (Å²) in [6.07, 6.45) is 6.76. The van der Waals surface area contributed by atoms with Gasteiger partial charge in [-0.2, -0.15) is 0 Å². The van der Waals surface area contributed by atoms with Crippen molar-refractivity contribution in [1.82, 2.24) is 5.32 Å². The predicted molar refractivity (Wildman–Crippen MR) is 80.8 cm³/mol. The molecular formula is C16H32N2O. The first-order valence-corrected chi connectivity index (χ1v) is 7.86. The molecule has 3 nitrogen and oxygen atoms in total. The van der Waals surface area contributed by atoms with Crippen molar-refractivity contribution in [3.05, 3.63) is 0 Å². The summed E-state index contributed by atoms with van der Waals surface area (Å²) in [5.74, 6) is 0.910. The molecule has 1 rings (SSSR count). The van der Waals surface area contributed by atoms with Crippen LogP contribution in [-0.2, 0) is 4.79 Å². The summed E-state index contributed by atoms with van der Waals surface area (Å²) in [6, 6.07) is 0.363. The third kappa shape index (κ3) is 5.13. The second-order valence-corrected chi connectivity index (χ2v) is 7.20. The van der Waals surface area contributed by atoms with Gasteiger partial charge >= 0.3 is 0 Å². The lowest BCUT2D eigenvalue weighted by Crippen LogP contribution is -2.48. The standard InChI is InChI=1S/C16H32N2O/c1-12(8-7-11-17)15(19)18-14-10-6-5-9-13(14)16(2,3)4/h12-14H,5-11,17H2,1-4H3,(H,18,19). The van der Waals surface area contributed by atoms with E-state index in [0.717, 1.165) is 19.3 Å². The van der Waals surface area contributed by atoms with E-state index >= 15 is 0 Å². The van der Waals surface area contributed by atoms with E-state index in [1.54, 1.807) is 0 Å². The highest BCUT2D eigenvalue weighted by Crippen LogP contribution is 2.38. The molecule has 0 saturated heterocycles. The molecule has 3 N–H and O–H groups in total. The fourth-order valence-corrected chi connectivity index (χ4v) is 3.22. The lowest BCUT2D eigenvalue weighted by Gasteiger charge is -2.41. The fraction of sp³-hybridized carbons (Fsp3) is 0.938. The van der Waals surface area contributed by atoms with Crippen LogP contribution in [0.1, 0.15) is 66.2 Å². The highest BCUT2D eigenvalue weighted by Gasteiger charge is 2.35. The minimum absolute atomic E-state index is 0.0890. The molecule has 0 spiro atoms. The Bertz CT molecular complexity index is 283. The molecule has 0 bridgehead atoms.